The van der Waals surface area contributed by atoms with Crippen LogP contribution in [0.3, 0.4) is 0 Å². The zero-order valence-corrected chi connectivity index (χ0v) is 13.3. The molecule has 4 nitrogen and oxygen atoms in total. The minimum absolute atomic E-state index is 0.106. The van der Waals surface area contributed by atoms with E-state index in [1.807, 2.05) is 0 Å². The highest BCUT2D eigenvalue weighted by molar-refractivity contribution is 5.79. The van der Waals surface area contributed by atoms with Crippen LogP contribution in [0.2, 0.25) is 0 Å². The van der Waals surface area contributed by atoms with Crippen molar-refractivity contribution in [2.75, 3.05) is 13.1 Å². The normalized spacial score (nSPS) is 20.7. The van der Waals surface area contributed by atoms with Crippen molar-refractivity contribution in [3.63, 3.8) is 0 Å². The van der Waals surface area contributed by atoms with Crippen molar-refractivity contribution >= 4 is 11.7 Å². The molecule has 0 aromatic heterocycles. The van der Waals surface area contributed by atoms with Crippen LogP contribution in [0.5, 0.6) is 0 Å². The molecule has 1 rings (SSSR count). The van der Waals surface area contributed by atoms with Crippen molar-refractivity contribution in [3.05, 3.63) is 0 Å². The van der Waals surface area contributed by atoms with Crippen LogP contribution in [0.1, 0.15) is 65.7 Å². The van der Waals surface area contributed by atoms with Gasteiger partial charge >= 0.3 is 0 Å². The van der Waals surface area contributed by atoms with Crippen LogP contribution in [0, 0.1) is 0 Å². The minimum atomic E-state index is 0.106. The van der Waals surface area contributed by atoms with Crippen molar-refractivity contribution in [1.29, 1.82) is 0 Å². The Balaban J connectivity index is 2.55. The number of carbonyl (C=O) groups excluding carboxylic acids is 2. The number of likely N-dealkylation sites (tertiary alicyclic amines) is 1. The van der Waals surface area contributed by atoms with Gasteiger partial charge in [0.25, 0.3) is 0 Å². The SMILES string of the molecule is CCC(CC)NC(=O)CN1CCCCCC1CC(C)=O. The maximum atomic E-state index is 12.1. The quantitative estimate of drug-likeness (QED) is 0.780. The molecule has 1 aliphatic heterocycles. The van der Waals surface area contributed by atoms with Crippen LogP contribution >= 0.6 is 0 Å². The lowest BCUT2D eigenvalue weighted by atomic mass is 10.0. The van der Waals surface area contributed by atoms with Gasteiger partial charge in [-0.2, -0.15) is 0 Å². The molecule has 0 saturated carbocycles. The van der Waals surface area contributed by atoms with E-state index in [0.717, 1.165) is 32.2 Å². The first-order chi connectivity index (χ1) is 9.56. The molecule has 1 atom stereocenters. The fourth-order valence-electron chi connectivity index (χ4n) is 2.96. The number of Topliss-reactive ketones (excluding diaryl/α,β-unsaturated/α-hetero) is 1. The molecule has 0 spiro atoms. The van der Waals surface area contributed by atoms with Crippen LogP contribution < -0.4 is 5.32 Å². The Morgan fingerprint density at radius 1 is 1.20 bits per heavy atom. The van der Waals surface area contributed by atoms with Gasteiger partial charge in [-0.15, -0.1) is 0 Å². The summed E-state index contributed by atoms with van der Waals surface area (Å²) in [5, 5.41) is 3.09. The fraction of sp³-hybridized carbons (Fsp3) is 0.875. The van der Waals surface area contributed by atoms with E-state index in [9.17, 15) is 9.59 Å². The first-order valence-corrected chi connectivity index (χ1v) is 8.09. The Hall–Kier alpha value is -0.900. The molecule has 116 valence electrons. The van der Waals surface area contributed by atoms with Crippen LogP contribution in [0.4, 0.5) is 0 Å². The monoisotopic (exact) mass is 282 g/mol. The highest BCUT2D eigenvalue weighted by atomic mass is 16.2. The molecule has 1 heterocycles. The maximum absolute atomic E-state index is 12.1. The molecule has 1 amide bonds. The third-order valence-corrected chi connectivity index (χ3v) is 4.22. The van der Waals surface area contributed by atoms with Gasteiger partial charge in [0.1, 0.15) is 5.78 Å². The van der Waals surface area contributed by atoms with Gasteiger partial charge in [-0.1, -0.05) is 26.7 Å². The van der Waals surface area contributed by atoms with Gasteiger partial charge in [0.05, 0.1) is 6.54 Å². The molecule has 1 fully saturated rings. The molecule has 0 radical (unpaired) electrons. The van der Waals surface area contributed by atoms with E-state index >= 15 is 0 Å². The van der Waals surface area contributed by atoms with Crippen molar-refractivity contribution in [3.8, 4) is 0 Å². The number of nitrogens with zero attached hydrogens (tertiary/aromatic N) is 1. The fourth-order valence-corrected chi connectivity index (χ4v) is 2.96. The largest absolute Gasteiger partial charge is 0.352 e. The smallest absolute Gasteiger partial charge is 0.234 e. The standard InChI is InChI=1S/C16H30N2O2/c1-4-14(5-2)17-16(20)12-18-10-8-6-7-9-15(18)11-13(3)19/h14-15H,4-12H2,1-3H3,(H,17,20). The summed E-state index contributed by atoms with van der Waals surface area (Å²) in [7, 11) is 0. The Bertz CT molecular complexity index is 314. The first kappa shape index (κ1) is 17.2. The van der Waals surface area contributed by atoms with Crippen LogP contribution in [-0.4, -0.2) is 41.8 Å². The predicted molar refractivity (Wildman–Crippen MR) is 81.6 cm³/mol. The molecular formula is C16H30N2O2. The van der Waals surface area contributed by atoms with Crippen molar-refractivity contribution in [2.24, 2.45) is 0 Å². The van der Waals surface area contributed by atoms with Gasteiger partial charge < -0.3 is 5.32 Å². The average Bonchev–Trinajstić information content (AvgIpc) is 2.61. The molecule has 4 heteroatoms. The molecule has 0 bridgehead atoms. The van der Waals surface area contributed by atoms with Crippen LogP contribution in [-0.2, 0) is 9.59 Å². The predicted octanol–water partition coefficient (Wildman–Crippen LogP) is 2.51. The summed E-state index contributed by atoms with van der Waals surface area (Å²) in [4.78, 5) is 25.8. The minimum Gasteiger partial charge on any atom is -0.352 e. The Labute approximate surface area is 123 Å². The van der Waals surface area contributed by atoms with E-state index in [-0.39, 0.29) is 23.8 Å². The number of amides is 1. The van der Waals surface area contributed by atoms with E-state index in [2.05, 4.69) is 24.1 Å². The molecule has 0 aromatic carbocycles. The summed E-state index contributed by atoms with van der Waals surface area (Å²) in [6.45, 7) is 7.22. The third kappa shape index (κ3) is 6.04. The average molecular weight is 282 g/mol. The van der Waals surface area contributed by atoms with Gasteiger partial charge in [-0.3, -0.25) is 14.5 Å². The lowest BCUT2D eigenvalue weighted by molar-refractivity contribution is -0.125. The molecule has 20 heavy (non-hydrogen) atoms. The van der Waals surface area contributed by atoms with Crippen LogP contribution in [0.15, 0.2) is 0 Å². The number of rotatable bonds is 7. The molecule has 1 saturated heterocycles. The molecule has 1 unspecified atom stereocenters. The molecule has 0 aliphatic carbocycles. The molecule has 1 N–H and O–H groups in total. The molecule has 0 aromatic rings. The Morgan fingerprint density at radius 3 is 2.50 bits per heavy atom. The van der Waals surface area contributed by atoms with E-state index in [1.54, 1.807) is 6.92 Å². The zero-order valence-electron chi connectivity index (χ0n) is 13.3. The Kier molecular flexibility index (Phi) is 7.82. The second-order valence-corrected chi connectivity index (χ2v) is 5.96. The van der Waals surface area contributed by atoms with E-state index in [1.165, 1.54) is 12.8 Å². The number of nitrogens with one attached hydrogen (secondary N) is 1. The highest BCUT2D eigenvalue weighted by Gasteiger charge is 2.24. The van der Waals surface area contributed by atoms with Crippen LogP contribution in [0.25, 0.3) is 0 Å². The summed E-state index contributed by atoms with van der Waals surface area (Å²) in [6, 6.07) is 0.531. The van der Waals surface area contributed by atoms with Gasteiger partial charge in [-0.25, -0.2) is 0 Å². The van der Waals surface area contributed by atoms with Crippen molar-refractivity contribution in [1.82, 2.24) is 10.2 Å². The summed E-state index contributed by atoms with van der Waals surface area (Å²) in [5.41, 5.74) is 0. The number of hydrogen-bond acceptors (Lipinski definition) is 3. The van der Waals surface area contributed by atoms with E-state index < -0.39 is 0 Å². The lowest BCUT2D eigenvalue weighted by Crippen LogP contribution is -2.45. The summed E-state index contributed by atoms with van der Waals surface area (Å²) >= 11 is 0. The summed E-state index contributed by atoms with van der Waals surface area (Å²) in [5.74, 6) is 0.330. The Morgan fingerprint density at radius 2 is 1.90 bits per heavy atom. The number of hydrogen-bond donors (Lipinski definition) is 1. The van der Waals surface area contributed by atoms with Crippen molar-refractivity contribution in [2.45, 2.75) is 77.8 Å². The third-order valence-electron chi connectivity index (χ3n) is 4.22. The maximum Gasteiger partial charge on any atom is 0.234 e. The number of carbonyl (C=O) groups is 2. The second kappa shape index (κ2) is 9.11. The molecular weight excluding hydrogens is 252 g/mol. The summed E-state index contributed by atoms with van der Waals surface area (Å²) < 4.78 is 0. The second-order valence-electron chi connectivity index (χ2n) is 5.96. The van der Waals surface area contributed by atoms with Gasteiger partial charge in [0.2, 0.25) is 5.91 Å². The number of ketones is 1. The van der Waals surface area contributed by atoms with E-state index in [0.29, 0.717) is 13.0 Å². The lowest BCUT2D eigenvalue weighted by Gasteiger charge is -2.29. The topological polar surface area (TPSA) is 49.4 Å². The van der Waals surface area contributed by atoms with Crippen molar-refractivity contribution < 1.29 is 9.59 Å². The van der Waals surface area contributed by atoms with Gasteiger partial charge in [0, 0.05) is 18.5 Å². The first-order valence-electron chi connectivity index (χ1n) is 8.09. The van der Waals surface area contributed by atoms with Gasteiger partial charge in [-0.05, 0) is 39.2 Å². The van der Waals surface area contributed by atoms with E-state index in [4.69, 9.17) is 0 Å². The molecule has 1 aliphatic rings. The highest BCUT2D eigenvalue weighted by Crippen LogP contribution is 2.19. The van der Waals surface area contributed by atoms with Gasteiger partial charge in [0.15, 0.2) is 0 Å². The summed E-state index contributed by atoms with van der Waals surface area (Å²) in [6.07, 6.45) is 7.07. The zero-order chi connectivity index (χ0) is 15.0.